The number of nitrogens with zero attached hydrogens (tertiary/aromatic N) is 1. The Kier molecular flexibility index (Phi) is 6.64. The molecule has 0 aliphatic heterocycles. The maximum atomic E-state index is 12.1. The van der Waals surface area contributed by atoms with Gasteiger partial charge in [-0.1, -0.05) is 53.5 Å². The first-order valence-corrected chi connectivity index (χ1v) is 8.26. The average molecular weight is 365 g/mol. The molecule has 2 aromatic rings. The highest BCUT2D eigenvalue weighted by atomic mass is 35.5. The number of carbonyl (C=O) groups is 2. The van der Waals surface area contributed by atoms with Crippen LogP contribution in [0.25, 0.3) is 0 Å². The number of anilines is 1. The molecule has 0 saturated carbocycles. The highest BCUT2D eigenvalue weighted by Gasteiger charge is 2.18. The van der Waals surface area contributed by atoms with E-state index in [-0.39, 0.29) is 18.4 Å². The third-order valence-electron chi connectivity index (χ3n) is 3.46. The second-order valence-electron chi connectivity index (χ2n) is 5.29. The number of carbonyl (C=O) groups excluding carboxylic acids is 2. The minimum atomic E-state index is -0.280. The minimum Gasteiger partial charge on any atom is -0.354 e. The zero-order valence-electron chi connectivity index (χ0n) is 13.3. The lowest BCUT2D eigenvalue weighted by atomic mass is 10.1. The SMILES string of the molecule is CC(=O)N(CC(=O)NCCc1ccccc1)c1cc(Cl)ccc1Cl. The van der Waals surface area contributed by atoms with E-state index in [1.807, 2.05) is 30.3 Å². The van der Waals surface area contributed by atoms with Crippen molar-refractivity contribution in [3.63, 3.8) is 0 Å². The Morgan fingerprint density at radius 1 is 1.08 bits per heavy atom. The van der Waals surface area contributed by atoms with Crippen molar-refractivity contribution in [1.29, 1.82) is 0 Å². The summed E-state index contributed by atoms with van der Waals surface area (Å²) in [5.41, 5.74) is 1.56. The van der Waals surface area contributed by atoms with Gasteiger partial charge in [-0.3, -0.25) is 9.59 Å². The van der Waals surface area contributed by atoms with Crippen molar-refractivity contribution in [2.45, 2.75) is 13.3 Å². The lowest BCUT2D eigenvalue weighted by molar-refractivity contribution is -0.123. The average Bonchev–Trinajstić information content (AvgIpc) is 2.56. The Labute approximate surface area is 151 Å². The number of hydrogen-bond acceptors (Lipinski definition) is 2. The van der Waals surface area contributed by atoms with Gasteiger partial charge in [0.15, 0.2) is 0 Å². The highest BCUT2D eigenvalue weighted by molar-refractivity contribution is 6.35. The Hall–Kier alpha value is -2.04. The predicted molar refractivity (Wildman–Crippen MR) is 97.6 cm³/mol. The van der Waals surface area contributed by atoms with Crippen LogP contribution in [0.5, 0.6) is 0 Å². The van der Waals surface area contributed by atoms with E-state index in [0.717, 1.165) is 12.0 Å². The van der Waals surface area contributed by atoms with Gasteiger partial charge in [-0.2, -0.15) is 0 Å². The zero-order chi connectivity index (χ0) is 17.5. The molecule has 0 aliphatic carbocycles. The number of benzene rings is 2. The largest absolute Gasteiger partial charge is 0.354 e. The predicted octanol–water partition coefficient (Wildman–Crippen LogP) is 3.71. The molecule has 0 aliphatic rings. The molecule has 0 bridgehead atoms. The van der Waals surface area contributed by atoms with Crippen molar-refractivity contribution in [2.24, 2.45) is 0 Å². The number of amides is 2. The van der Waals surface area contributed by atoms with Crippen LogP contribution in [0.3, 0.4) is 0 Å². The van der Waals surface area contributed by atoms with Crippen LogP contribution in [-0.2, 0) is 16.0 Å². The van der Waals surface area contributed by atoms with E-state index in [1.54, 1.807) is 18.2 Å². The number of nitrogens with one attached hydrogen (secondary N) is 1. The molecule has 0 radical (unpaired) electrons. The van der Waals surface area contributed by atoms with Crippen molar-refractivity contribution in [3.05, 3.63) is 64.1 Å². The van der Waals surface area contributed by atoms with E-state index < -0.39 is 0 Å². The zero-order valence-corrected chi connectivity index (χ0v) is 14.8. The normalized spacial score (nSPS) is 10.3. The van der Waals surface area contributed by atoms with Gasteiger partial charge in [0.25, 0.3) is 0 Å². The number of halogens is 2. The van der Waals surface area contributed by atoms with Crippen LogP contribution >= 0.6 is 23.2 Å². The summed E-state index contributed by atoms with van der Waals surface area (Å²) >= 11 is 12.1. The summed E-state index contributed by atoms with van der Waals surface area (Å²) in [4.78, 5) is 25.3. The van der Waals surface area contributed by atoms with E-state index in [1.165, 1.54) is 11.8 Å². The van der Waals surface area contributed by atoms with Crippen LogP contribution in [0.1, 0.15) is 12.5 Å². The van der Waals surface area contributed by atoms with Crippen LogP contribution in [0.2, 0.25) is 10.0 Å². The van der Waals surface area contributed by atoms with E-state index in [2.05, 4.69) is 5.32 Å². The molecule has 0 unspecified atom stereocenters. The standard InChI is InChI=1S/C18H18Cl2N2O2/c1-13(23)22(17-11-15(19)7-8-16(17)20)12-18(24)21-10-9-14-5-3-2-4-6-14/h2-8,11H,9-10,12H2,1H3,(H,21,24). The molecule has 0 aromatic heterocycles. The molecule has 2 aromatic carbocycles. The second kappa shape index (κ2) is 8.71. The lowest BCUT2D eigenvalue weighted by Crippen LogP contribution is -2.40. The third kappa shape index (κ3) is 5.25. The monoisotopic (exact) mass is 364 g/mol. The molecule has 0 heterocycles. The van der Waals surface area contributed by atoms with Gasteiger partial charge in [0.2, 0.25) is 11.8 Å². The summed E-state index contributed by atoms with van der Waals surface area (Å²) in [7, 11) is 0. The summed E-state index contributed by atoms with van der Waals surface area (Å²) in [6, 6.07) is 14.7. The van der Waals surface area contributed by atoms with E-state index in [4.69, 9.17) is 23.2 Å². The van der Waals surface area contributed by atoms with Crippen molar-refractivity contribution in [2.75, 3.05) is 18.0 Å². The highest BCUT2D eigenvalue weighted by Crippen LogP contribution is 2.29. The van der Waals surface area contributed by atoms with Gasteiger partial charge >= 0.3 is 0 Å². The molecule has 4 nitrogen and oxygen atoms in total. The van der Waals surface area contributed by atoms with E-state index >= 15 is 0 Å². The van der Waals surface area contributed by atoms with Gasteiger partial charge in [0, 0.05) is 18.5 Å². The van der Waals surface area contributed by atoms with Crippen molar-refractivity contribution in [3.8, 4) is 0 Å². The first-order chi connectivity index (χ1) is 11.5. The van der Waals surface area contributed by atoms with E-state index in [9.17, 15) is 9.59 Å². The van der Waals surface area contributed by atoms with Gasteiger partial charge in [-0.15, -0.1) is 0 Å². The Balaban J connectivity index is 1.96. The van der Waals surface area contributed by atoms with Gasteiger partial charge in [-0.25, -0.2) is 0 Å². The fraction of sp³-hybridized carbons (Fsp3) is 0.222. The maximum absolute atomic E-state index is 12.1. The van der Waals surface area contributed by atoms with Crippen LogP contribution in [-0.4, -0.2) is 24.9 Å². The molecule has 0 spiro atoms. The Bertz CT molecular complexity index is 720. The summed E-state index contributed by atoms with van der Waals surface area (Å²) < 4.78 is 0. The quantitative estimate of drug-likeness (QED) is 0.849. The summed E-state index contributed by atoms with van der Waals surface area (Å²) in [5.74, 6) is -0.533. The first kappa shape index (κ1) is 18.3. The van der Waals surface area contributed by atoms with Crippen LogP contribution in [0, 0.1) is 0 Å². The van der Waals surface area contributed by atoms with Crippen LogP contribution in [0.4, 0.5) is 5.69 Å². The van der Waals surface area contributed by atoms with Crippen LogP contribution < -0.4 is 10.2 Å². The molecule has 6 heteroatoms. The Morgan fingerprint density at radius 3 is 2.46 bits per heavy atom. The molecular weight excluding hydrogens is 347 g/mol. The third-order valence-corrected chi connectivity index (χ3v) is 4.01. The second-order valence-corrected chi connectivity index (χ2v) is 6.13. The molecule has 2 rings (SSSR count). The van der Waals surface area contributed by atoms with E-state index in [0.29, 0.717) is 22.3 Å². The van der Waals surface area contributed by atoms with Gasteiger partial charge < -0.3 is 10.2 Å². The van der Waals surface area contributed by atoms with Crippen molar-refractivity contribution < 1.29 is 9.59 Å². The van der Waals surface area contributed by atoms with Gasteiger partial charge in [0.1, 0.15) is 6.54 Å². The lowest BCUT2D eigenvalue weighted by Gasteiger charge is -2.22. The molecule has 0 atom stereocenters. The number of rotatable bonds is 6. The molecule has 2 amide bonds. The molecule has 24 heavy (non-hydrogen) atoms. The van der Waals surface area contributed by atoms with Crippen molar-refractivity contribution in [1.82, 2.24) is 5.32 Å². The molecular formula is C18H18Cl2N2O2. The summed E-state index contributed by atoms with van der Waals surface area (Å²) in [6.45, 7) is 1.77. The summed E-state index contributed by atoms with van der Waals surface area (Å²) in [5, 5.41) is 3.63. The smallest absolute Gasteiger partial charge is 0.240 e. The summed E-state index contributed by atoms with van der Waals surface area (Å²) in [6.07, 6.45) is 0.727. The topological polar surface area (TPSA) is 49.4 Å². The fourth-order valence-electron chi connectivity index (χ4n) is 2.25. The number of hydrogen-bond donors (Lipinski definition) is 1. The molecule has 0 saturated heterocycles. The van der Waals surface area contributed by atoms with Crippen molar-refractivity contribution >= 4 is 40.7 Å². The first-order valence-electron chi connectivity index (χ1n) is 7.51. The molecule has 1 N–H and O–H groups in total. The van der Waals surface area contributed by atoms with Crippen LogP contribution in [0.15, 0.2) is 48.5 Å². The van der Waals surface area contributed by atoms with Gasteiger partial charge in [-0.05, 0) is 30.2 Å². The maximum Gasteiger partial charge on any atom is 0.240 e. The molecule has 0 fully saturated rings. The minimum absolute atomic E-state index is 0.107. The molecule has 126 valence electrons. The van der Waals surface area contributed by atoms with Gasteiger partial charge in [0.05, 0.1) is 10.7 Å². The Morgan fingerprint density at radius 2 is 1.79 bits per heavy atom. The fourth-order valence-corrected chi connectivity index (χ4v) is 2.64.